The molecule has 0 spiro atoms. The van der Waals surface area contributed by atoms with Crippen LogP contribution in [-0.2, 0) is 16.1 Å². The fourth-order valence-corrected chi connectivity index (χ4v) is 2.45. The lowest BCUT2D eigenvalue weighted by molar-refractivity contribution is -0.125. The molecule has 0 bridgehead atoms. The number of esters is 1. The smallest absolute Gasteiger partial charge is 0.373 e. The van der Waals surface area contributed by atoms with Crippen molar-refractivity contribution in [2.75, 3.05) is 27.2 Å². The van der Waals surface area contributed by atoms with E-state index in [1.165, 1.54) is 7.11 Å². The van der Waals surface area contributed by atoms with Crippen molar-refractivity contribution in [3.8, 4) is 0 Å². The first-order valence-electron chi connectivity index (χ1n) is 6.75. The third-order valence-corrected chi connectivity index (χ3v) is 3.63. The summed E-state index contributed by atoms with van der Waals surface area (Å²) in [5.41, 5.74) is 0. The zero-order chi connectivity index (χ0) is 14.5. The van der Waals surface area contributed by atoms with Crippen LogP contribution in [0, 0.1) is 5.92 Å². The monoisotopic (exact) mass is 280 g/mol. The lowest BCUT2D eigenvalue weighted by Gasteiger charge is -2.30. The van der Waals surface area contributed by atoms with Gasteiger partial charge in [-0.25, -0.2) is 4.79 Å². The normalized spacial score (nSPS) is 16.9. The van der Waals surface area contributed by atoms with Crippen LogP contribution in [0.4, 0.5) is 0 Å². The zero-order valence-electron chi connectivity index (χ0n) is 11.8. The molecule has 0 unspecified atom stereocenters. The van der Waals surface area contributed by atoms with Crippen molar-refractivity contribution >= 4 is 11.9 Å². The molecule has 6 heteroatoms. The van der Waals surface area contributed by atoms with Crippen molar-refractivity contribution < 1.29 is 18.7 Å². The molecule has 1 saturated heterocycles. The Hall–Kier alpha value is -1.82. The number of furan rings is 1. The highest BCUT2D eigenvalue weighted by molar-refractivity contribution is 5.86. The second-order valence-electron chi connectivity index (χ2n) is 4.92. The van der Waals surface area contributed by atoms with Crippen molar-refractivity contribution in [3.05, 3.63) is 23.7 Å². The predicted octanol–water partition coefficient (Wildman–Crippen LogP) is 1.02. The number of hydrogen-bond donors (Lipinski definition) is 1. The Morgan fingerprint density at radius 3 is 2.70 bits per heavy atom. The fraction of sp³-hybridized carbons (Fsp3) is 0.571. The molecule has 1 aromatic rings. The maximum Gasteiger partial charge on any atom is 0.373 e. The van der Waals surface area contributed by atoms with E-state index in [-0.39, 0.29) is 17.6 Å². The highest BCUT2D eigenvalue weighted by atomic mass is 16.5. The first kappa shape index (κ1) is 14.6. The minimum Gasteiger partial charge on any atom is -0.463 e. The van der Waals surface area contributed by atoms with E-state index >= 15 is 0 Å². The number of nitrogens with zero attached hydrogens (tertiary/aromatic N) is 1. The van der Waals surface area contributed by atoms with Crippen LogP contribution in [-0.4, -0.2) is 44.0 Å². The summed E-state index contributed by atoms with van der Waals surface area (Å²) in [6.07, 6.45) is 1.70. The molecule has 2 rings (SSSR count). The molecule has 1 amide bonds. The largest absolute Gasteiger partial charge is 0.463 e. The summed E-state index contributed by atoms with van der Waals surface area (Å²) in [6.45, 7) is 2.36. The van der Waals surface area contributed by atoms with Gasteiger partial charge in [-0.1, -0.05) is 0 Å². The molecule has 0 atom stereocenters. The summed E-state index contributed by atoms with van der Waals surface area (Å²) in [5.74, 6) is 0.732. The van der Waals surface area contributed by atoms with Crippen LogP contribution >= 0.6 is 0 Å². The van der Waals surface area contributed by atoms with E-state index in [1.54, 1.807) is 19.2 Å². The highest BCUT2D eigenvalue weighted by Gasteiger charge is 2.24. The molecule has 1 N–H and O–H groups in total. The molecular formula is C14H20N2O4. The number of carbonyl (C=O) groups excluding carboxylic acids is 2. The molecule has 0 aliphatic carbocycles. The second kappa shape index (κ2) is 6.56. The minimum atomic E-state index is -0.463. The summed E-state index contributed by atoms with van der Waals surface area (Å²) in [6, 6.07) is 3.41. The molecule has 2 heterocycles. The Labute approximate surface area is 118 Å². The van der Waals surface area contributed by atoms with E-state index in [0.717, 1.165) is 31.7 Å². The van der Waals surface area contributed by atoms with Crippen LogP contribution in [0.25, 0.3) is 0 Å². The van der Waals surface area contributed by atoms with Crippen LogP contribution in [0.5, 0.6) is 0 Å². The summed E-state index contributed by atoms with van der Waals surface area (Å²) < 4.78 is 10.0. The van der Waals surface area contributed by atoms with E-state index in [1.807, 2.05) is 0 Å². The second-order valence-corrected chi connectivity index (χ2v) is 4.92. The average molecular weight is 280 g/mol. The number of likely N-dealkylation sites (tertiary alicyclic amines) is 1. The third kappa shape index (κ3) is 3.39. The third-order valence-electron chi connectivity index (χ3n) is 3.63. The van der Waals surface area contributed by atoms with Crippen LogP contribution in [0.15, 0.2) is 16.5 Å². The van der Waals surface area contributed by atoms with Gasteiger partial charge in [-0.2, -0.15) is 0 Å². The molecule has 6 nitrogen and oxygen atoms in total. The number of amides is 1. The van der Waals surface area contributed by atoms with Gasteiger partial charge >= 0.3 is 5.97 Å². The van der Waals surface area contributed by atoms with Crippen molar-refractivity contribution in [3.63, 3.8) is 0 Å². The molecule has 1 aliphatic rings. The molecule has 20 heavy (non-hydrogen) atoms. The molecule has 1 fully saturated rings. The Kier molecular flexibility index (Phi) is 4.79. The predicted molar refractivity (Wildman–Crippen MR) is 72.1 cm³/mol. The van der Waals surface area contributed by atoms with Crippen molar-refractivity contribution in [2.45, 2.75) is 19.4 Å². The van der Waals surface area contributed by atoms with E-state index in [4.69, 9.17) is 4.42 Å². The van der Waals surface area contributed by atoms with E-state index < -0.39 is 5.97 Å². The summed E-state index contributed by atoms with van der Waals surface area (Å²) in [4.78, 5) is 25.1. The number of carbonyl (C=O) groups is 2. The maximum absolute atomic E-state index is 11.5. The van der Waals surface area contributed by atoms with Gasteiger partial charge < -0.3 is 14.5 Å². The van der Waals surface area contributed by atoms with Crippen molar-refractivity contribution in [2.24, 2.45) is 5.92 Å². The van der Waals surface area contributed by atoms with Gasteiger partial charge in [0.25, 0.3) is 0 Å². The first-order valence-corrected chi connectivity index (χ1v) is 6.75. The Balaban J connectivity index is 1.85. The van der Waals surface area contributed by atoms with Gasteiger partial charge in [0.1, 0.15) is 5.76 Å². The SMILES string of the molecule is CNC(=O)C1CCN(Cc2ccc(C(=O)OC)o2)CC1. The number of rotatable bonds is 4. The minimum absolute atomic E-state index is 0.110. The van der Waals surface area contributed by atoms with Gasteiger partial charge in [-0.15, -0.1) is 0 Å². The van der Waals surface area contributed by atoms with E-state index in [9.17, 15) is 9.59 Å². The molecule has 0 saturated carbocycles. The molecule has 0 aromatic carbocycles. The topological polar surface area (TPSA) is 71.8 Å². The summed E-state index contributed by atoms with van der Waals surface area (Å²) in [7, 11) is 3.00. The Morgan fingerprint density at radius 2 is 2.10 bits per heavy atom. The maximum atomic E-state index is 11.5. The molecular weight excluding hydrogens is 260 g/mol. The van der Waals surface area contributed by atoms with Crippen LogP contribution < -0.4 is 5.32 Å². The van der Waals surface area contributed by atoms with Gasteiger partial charge in [-0.05, 0) is 38.1 Å². The summed E-state index contributed by atoms with van der Waals surface area (Å²) in [5, 5.41) is 2.69. The van der Waals surface area contributed by atoms with Gasteiger partial charge in [0.2, 0.25) is 11.7 Å². The average Bonchev–Trinajstić information content (AvgIpc) is 2.95. The van der Waals surface area contributed by atoms with Gasteiger partial charge in [-0.3, -0.25) is 9.69 Å². The highest BCUT2D eigenvalue weighted by Crippen LogP contribution is 2.20. The molecule has 1 aliphatic heterocycles. The Morgan fingerprint density at radius 1 is 1.40 bits per heavy atom. The van der Waals surface area contributed by atoms with Crippen molar-refractivity contribution in [1.82, 2.24) is 10.2 Å². The standard InChI is InChI=1S/C14H20N2O4/c1-15-13(17)10-5-7-16(8-6-10)9-11-3-4-12(20-11)14(18)19-2/h3-4,10H,5-9H2,1-2H3,(H,15,17). The number of piperidine rings is 1. The van der Waals surface area contributed by atoms with E-state index in [0.29, 0.717) is 6.54 Å². The fourth-order valence-electron chi connectivity index (χ4n) is 2.45. The van der Waals surface area contributed by atoms with Gasteiger partial charge in [0.05, 0.1) is 13.7 Å². The number of ether oxygens (including phenoxy) is 1. The number of nitrogens with one attached hydrogen (secondary N) is 1. The first-order chi connectivity index (χ1) is 9.63. The van der Waals surface area contributed by atoms with Crippen LogP contribution in [0.3, 0.4) is 0 Å². The lowest BCUT2D eigenvalue weighted by Crippen LogP contribution is -2.39. The zero-order valence-corrected chi connectivity index (χ0v) is 11.8. The summed E-state index contributed by atoms with van der Waals surface area (Å²) >= 11 is 0. The molecule has 110 valence electrons. The number of hydrogen-bond acceptors (Lipinski definition) is 5. The van der Waals surface area contributed by atoms with Crippen molar-refractivity contribution in [1.29, 1.82) is 0 Å². The van der Waals surface area contributed by atoms with Crippen LogP contribution in [0.1, 0.15) is 29.2 Å². The van der Waals surface area contributed by atoms with Gasteiger partial charge in [0, 0.05) is 13.0 Å². The number of methoxy groups -OCH3 is 1. The van der Waals surface area contributed by atoms with E-state index in [2.05, 4.69) is 15.0 Å². The Bertz CT molecular complexity index is 475. The quantitative estimate of drug-likeness (QED) is 0.834. The lowest BCUT2D eigenvalue weighted by atomic mass is 9.96. The molecule has 1 aromatic heterocycles. The van der Waals surface area contributed by atoms with Gasteiger partial charge in [0.15, 0.2) is 0 Å². The molecule has 0 radical (unpaired) electrons. The van der Waals surface area contributed by atoms with Crippen LogP contribution in [0.2, 0.25) is 0 Å².